The van der Waals surface area contributed by atoms with Crippen molar-refractivity contribution >= 4 is 5.97 Å². The van der Waals surface area contributed by atoms with E-state index in [0.29, 0.717) is 28.8 Å². The van der Waals surface area contributed by atoms with Gasteiger partial charge < -0.3 is 9.52 Å². The zero-order valence-corrected chi connectivity index (χ0v) is 12.2. The van der Waals surface area contributed by atoms with E-state index < -0.39 is 5.97 Å². The highest BCUT2D eigenvalue weighted by Crippen LogP contribution is 2.36. The molecule has 1 aromatic heterocycles. The second-order valence-corrected chi connectivity index (χ2v) is 5.68. The summed E-state index contributed by atoms with van der Waals surface area (Å²) in [6.45, 7) is 3.64. The number of carboxylic acid groups (broad SMARTS) is 1. The third-order valence-corrected chi connectivity index (χ3v) is 4.19. The number of carboxylic acids is 1. The number of benzene rings is 1. The number of hydrogen-bond donors (Lipinski definition) is 1. The molecular weight excluding hydrogens is 268 g/mol. The zero-order valence-electron chi connectivity index (χ0n) is 12.2. The van der Waals surface area contributed by atoms with Gasteiger partial charge in [0.1, 0.15) is 0 Å². The SMILES string of the molecule is Cc1ccc(C)c(-c2nnc(C3CCCC3)o2)c1C(=O)O. The molecule has 21 heavy (non-hydrogen) atoms. The fourth-order valence-corrected chi connectivity index (χ4v) is 3.04. The first-order chi connectivity index (χ1) is 10.1. The Kier molecular flexibility index (Phi) is 3.49. The molecule has 1 aliphatic carbocycles. The zero-order chi connectivity index (χ0) is 15.0. The number of aromatic carboxylic acids is 1. The van der Waals surface area contributed by atoms with Gasteiger partial charge in [0.15, 0.2) is 0 Å². The molecule has 0 bridgehead atoms. The highest BCUT2D eigenvalue weighted by molar-refractivity contribution is 5.97. The summed E-state index contributed by atoms with van der Waals surface area (Å²) in [5.41, 5.74) is 2.32. The summed E-state index contributed by atoms with van der Waals surface area (Å²) in [5, 5.41) is 17.7. The Balaban J connectivity index is 2.08. The molecule has 5 heteroatoms. The molecule has 0 atom stereocenters. The molecule has 0 saturated heterocycles. The summed E-state index contributed by atoms with van der Waals surface area (Å²) >= 11 is 0. The van der Waals surface area contributed by atoms with E-state index in [1.54, 1.807) is 13.0 Å². The molecule has 1 fully saturated rings. The second kappa shape index (κ2) is 5.31. The van der Waals surface area contributed by atoms with Crippen LogP contribution in [0.15, 0.2) is 16.5 Å². The Morgan fingerprint density at radius 3 is 2.52 bits per heavy atom. The van der Waals surface area contributed by atoms with Crippen LogP contribution in [-0.2, 0) is 0 Å². The molecule has 1 aromatic carbocycles. The van der Waals surface area contributed by atoms with Gasteiger partial charge in [-0.05, 0) is 37.8 Å². The van der Waals surface area contributed by atoms with E-state index in [0.717, 1.165) is 18.4 Å². The van der Waals surface area contributed by atoms with Crippen LogP contribution >= 0.6 is 0 Å². The summed E-state index contributed by atoms with van der Waals surface area (Å²) in [4.78, 5) is 11.5. The molecule has 1 saturated carbocycles. The van der Waals surface area contributed by atoms with Gasteiger partial charge >= 0.3 is 5.97 Å². The van der Waals surface area contributed by atoms with E-state index in [4.69, 9.17) is 4.42 Å². The van der Waals surface area contributed by atoms with Gasteiger partial charge in [0.25, 0.3) is 0 Å². The van der Waals surface area contributed by atoms with Crippen LogP contribution in [0.2, 0.25) is 0 Å². The summed E-state index contributed by atoms with van der Waals surface area (Å²) in [7, 11) is 0. The van der Waals surface area contributed by atoms with Crippen molar-refractivity contribution in [2.75, 3.05) is 0 Å². The molecule has 0 unspecified atom stereocenters. The highest BCUT2D eigenvalue weighted by Gasteiger charge is 2.26. The average molecular weight is 286 g/mol. The molecule has 1 heterocycles. The minimum Gasteiger partial charge on any atom is -0.478 e. The highest BCUT2D eigenvalue weighted by atomic mass is 16.4. The standard InChI is InChI=1S/C16H18N2O3/c1-9-7-8-10(2)13(16(19)20)12(9)15-18-17-14(21-15)11-5-3-4-6-11/h7-8,11H,3-6H2,1-2H3,(H,19,20). The van der Waals surface area contributed by atoms with Crippen LogP contribution < -0.4 is 0 Å². The lowest BCUT2D eigenvalue weighted by Gasteiger charge is -2.09. The number of rotatable bonds is 3. The van der Waals surface area contributed by atoms with Gasteiger partial charge in [-0.15, -0.1) is 10.2 Å². The Morgan fingerprint density at radius 2 is 1.86 bits per heavy atom. The Labute approximate surface area is 123 Å². The third kappa shape index (κ3) is 2.44. The van der Waals surface area contributed by atoms with Crippen LogP contribution in [0.1, 0.15) is 59.0 Å². The summed E-state index contributed by atoms with van der Waals surface area (Å²) < 4.78 is 5.79. The fourth-order valence-electron chi connectivity index (χ4n) is 3.04. The Morgan fingerprint density at radius 1 is 1.19 bits per heavy atom. The topological polar surface area (TPSA) is 76.2 Å². The number of aromatic nitrogens is 2. The molecule has 110 valence electrons. The lowest BCUT2D eigenvalue weighted by molar-refractivity contribution is 0.0696. The fraction of sp³-hybridized carbons (Fsp3) is 0.438. The van der Waals surface area contributed by atoms with Crippen molar-refractivity contribution in [3.8, 4) is 11.5 Å². The van der Waals surface area contributed by atoms with E-state index in [9.17, 15) is 9.90 Å². The number of carbonyl (C=O) groups is 1. The van der Waals surface area contributed by atoms with Gasteiger partial charge in [-0.3, -0.25) is 0 Å². The van der Waals surface area contributed by atoms with E-state index in [2.05, 4.69) is 10.2 Å². The maximum absolute atomic E-state index is 11.5. The summed E-state index contributed by atoms with van der Waals surface area (Å²) in [6.07, 6.45) is 4.51. The first-order valence-corrected chi connectivity index (χ1v) is 7.25. The van der Waals surface area contributed by atoms with Crippen LogP contribution in [-0.4, -0.2) is 21.3 Å². The minimum atomic E-state index is -0.966. The van der Waals surface area contributed by atoms with Crippen LogP contribution in [0.3, 0.4) is 0 Å². The van der Waals surface area contributed by atoms with Crippen molar-refractivity contribution in [2.45, 2.75) is 45.4 Å². The van der Waals surface area contributed by atoms with E-state index in [1.165, 1.54) is 12.8 Å². The lowest BCUT2D eigenvalue weighted by atomic mass is 9.97. The first kappa shape index (κ1) is 13.8. The van der Waals surface area contributed by atoms with Crippen molar-refractivity contribution in [3.05, 3.63) is 34.7 Å². The molecular formula is C16H18N2O3. The van der Waals surface area contributed by atoms with Gasteiger partial charge in [0.05, 0.1) is 11.1 Å². The number of nitrogens with zero attached hydrogens (tertiary/aromatic N) is 2. The Bertz CT molecular complexity index is 685. The quantitative estimate of drug-likeness (QED) is 0.930. The van der Waals surface area contributed by atoms with Crippen LogP contribution in [0.4, 0.5) is 0 Å². The molecule has 2 aromatic rings. The van der Waals surface area contributed by atoms with Crippen LogP contribution in [0.25, 0.3) is 11.5 Å². The molecule has 5 nitrogen and oxygen atoms in total. The monoisotopic (exact) mass is 286 g/mol. The maximum Gasteiger partial charge on any atom is 0.336 e. The molecule has 0 radical (unpaired) electrons. The largest absolute Gasteiger partial charge is 0.478 e. The molecule has 0 amide bonds. The minimum absolute atomic E-state index is 0.247. The Hall–Kier alpha value is -2.17. The normalized spacial score (nSPS) is 15.5. The van der Waals surface area contributed by atoms with Crippen LogP contribution in [0, 0.1) is 13.8 Å². The molecule has 3 rings (SSSR count). The van der Waals surface area contributed by atoms with E-state index >= 15 is 0 Å². The van der Waals surface area contributed by atoms with Gasteiger partial charge in [-0.1, -0.05) is 25.0 Å². The molecule has 1 aliphatic rings. The number of hydrogen-bond acceptors (Lipinski definition) is 4. The predicted molar refractivity (Wildman–Crippen MR) is 77.4 cm³/mol. The van der Waals surface area contributed by atoms with E-state index in [1.807, 2.05) is 13.0 Å². The van der Waals surface area contributed by atoms with Gasteiger partial charge in [0, 0.05) is 5.92 Å². The lowest BCUT2D eigenvalue weighted by Crippen LogP contribution is -2.04. The summed E-state index contributed by atoms with van der Waals surface area (Å²) in [5.74, 6) is 0.312. The first-order valence-electron chi connectivity index (χ1n) is 7.25. The van der Waals surface area contributed by atoms with Crippen molar-refractivity contribution in [2.24, 2.45) is 0 Å². The number of aryl methyl sites for hydroxylation is 2. The van der Waals surface area contributed by atoms with Crippen molar-refractivity contribution < 1.29 is 14.3 Å². The van der Waals surface area contributed by atoms with Gasteiger partial charge in [-0.25, -0.2) is 4.79 Å². The van der Waals surface area contributed by atoms with Crippen molar-refractivity contribution in [3.63, 3.8) is 0 Å². The molecule has 0 spiro atoms. The maximum atomic E-state index is 11.5. The molecule has 1 N–H and O–H groups in total. The average Bonchev–Trinajstić information content (AvgIpc) is 3.10. The predicted octanol–water partition coefficient (Wildman–Crippen LogP) is 3.71. The van der Waals surface area contributed by atoms with Crippen LogP contribution in [0.5, 0.6) is 0 Å². The molecule has 0 aliphatic heterocycles. The summed E-state index contributed by atoms with van der Waals surface area (Å²) in [6, 6.07) is 3.69. The third-order valence-electron chi connectivity index (χ3n) is 4.19. The second-order valence-electron chi connectivity index (χ2n) is 5.68. The van der Waals surface area contributed by atoms with Crippen molar-refractivity contribution in [1.29, 1.82) is 0 Å². The van der Waals surface area contributed by atoms with Gasteiger partial charge in [0.2, 0.25) is 11.8 Å². The van der Waals surface area contributed by atoms with Crippen molar-refractivity contribution in [1.82, 2.24) is 10.2 Å². The smallest absolute Gasteiger partial charge is 0.336 e. The van der Waals surface area contributed by atoms with Gasteiger partial charge in [-0.2, -0.15) is 0 Å². The van der Waals surface area contributed by atoms with E-state index in [-0.39, 0.29) is 5.56 Å².